The lowest BCUT2D eigenvalue weighted by molar-refractivity contribution is 0.00809. The van der Waals surface area contributed by atoms with Crippen LogP contribution in [0.15, 0.2) is 57.1 Å². The predicted molar refractivity (Wildman–Crippen MR) is 136 cm³/mol. The van der Waals surface area contributed by atoms with Crippen LogP contribution in [0.5, 0.6) is 0 Å². The molecule has 0 spiro atoms. The van der Waals surface area contributed by atoms with E-state index in [0.29, 0.717) is 29.4 Å². The maximum Gasteiger partial charge on any atom is 0.434 e. The van der Waals surface area contributed by atoms with Crippen molar-refractivity contribution in [3.63, 3.8) is 0 Å². The average Bonchev–Trinajstić information content (AvgIpc) is 3.46. The van der Waals surface area contributed by atoms with Crippen LogP contribution >= 0.6 is 22.9 Å². The Morgan fingerprint density at radius 2 is 1.97 bits per heavy atom. The first-order valence-corrected chi connectivity index (χ1v) is 12.8. The molecule has 190 valence electrons. The first kappa shape index (κ1) is 25.3. The molecule has 3 heterocycles. The Hall–Kier alpha value is -3.39. The molecular formula is C26H22ClF2N5O2S. The molecule has 2 aromatic heterocycles. The monoisotopic (exact) mass is 541 g/mol. The minimum absolute atomic E-state index is 0.0995. The van der Waals surface area contributed by atoms with Gasteiger partial charge < -0.3 is 4.42 Å². The van der Waals surface area contributed by atoms with Crippen LogP contribution in [-0.2, 0) is 0 Å². The van der Waals surface area contributed by atoms with E-state index < -0.39 is 23.2 Å². The first-order chi connectivity index (χ1) is 17.6. The maximum absolute atomic E-state index is 15.5. The van der Waals surface area contributed by atoms with Crippen LogP contribution < -0.4 is 5.76 Å². The molecule has 7 nitrogen and oxygen atoms in total. The molecule has 2 aromatic carbocycles. The van der Waals surface area contributed by atoms with Gasteiger partial charge in [0.25, 0.3) is 5.89 Å². The number of nitrogens with one attached hydrogen (secondary N) is 1. The van der Waals surface area contributed by atoms with Crippen molar-refractivity contribution >= 4 is 22.9 Å². The largest absolute Gasteiger partial charge is 0.434 e. The van der Waals surface area contributed by atoms with Crippen LogP contribution in [0, 0.1) is 23.1 Å². The summed E-state index contributed by atoms with van der Waals surface area (Å²) in [6.45, 7) is 4.02. The van der Waals surface area contributed by atoms with Crippen LogP contribution in [0.3, 0.4) is 0 Å². The van der Waals surface area contributed by atoms with E-state index in [0.717, 1.165) is 16.6 Å². The third kappa shape index (κ3) is 5.21. The number of benzene rings is 2. The van der Waals surface area contributed by atoms with E-state index in [2.05, 4.69) is 20.1 Å². The fourth-order valence-corrected chi connectivity index (χ4v) is 6.14. The van der Waals surface area contributed by atoms with E-state index in [-0.39, 0.29) is 23.4 Å². The number of thiazole rings is 1. The van der Waals surface area contributed by atoms with Crippen LogP contribution in [0.2, 0.25) is 5.02 Å². The molecule has 1 aliphatic heterocycles. The normalized spacial score (nSPS) is 16.2. The quantitative estimate of drug-likeness (QED) is 0.322. The summed E-state index contributed by atoms with van der Waals surface area (Å²) < 4.78 is 34.8. The minimum Gasteiger partial charge on any atom is -0.386 e. The van der Waals surface area contributed by atoms with Crippen LogP contribution in [0.4, 0.5) is 8.78 Å². The number of likely N-dealkylation sites (tertiary alicyclic amines) is 1. The Kier molecular flexibility index (Phi) is 6.70. The van der Waals surface area contributed by atoms with Crippen molar-refractivity contribution in [2.45, 2.75) is 31.5 Å². The lowest BCUT2D eigenvalue weighted by Crippen LogP contribution is -2.53. The van der Waals surface area contributed by atoms with Gasteiger partial charge in [0.15, 0.2) is 0 Å². The summed E-state index contributed by atoms with van der Waals surface area (Å²) in [5.74, 6) is -1.85. The smallest absolute Gasteiger partial charge is 0.386 e. The van der Waals surface area contributed by atoms with Gasteiger partial charge in [-0.3, -0.25) is 4.90 Å². The predicted octanol–water partition coefficient (Wildman–Crippen LogP) is 5.70. The molecule has 5 rings (SSSR count). The van der Waals surface area contributed by atoms with Crippen molar-refractivity contribution in [3.05, 3.63) is 90.9 Å². The van der Waals surface area contributed by atoms with Crippen LogP contribution in [0.1, 0.15) is 47.5 Å². The zero-order valence-electron chi connectivity index (χ0n) is 19.9. The van der Waals surface area contributed by atoms with Gasteiger partial charge in [-0.2, -0.15) is 5.26 Å². The number of nitriles is 1. The van der Waals surface area contributed by atoms with E-state index in [4.69, 9.17) is 16.0 Å². The van der Waals surface area contributed by atoms with Crippen molar-refractivity contribution in [1.29, 1.82) is 5.26 Å². The number of H-pyrrole nitrogens is 1. The molecule has 2 atom stereocenters. The van der Waals surface area contributed by atoms with Gasteiger partial charge in [0, 0.05) is 29.4 Å². The SMILES string of the molecule is CC(C)(F)[C@H](c1cc(F)cc(C#N)c1)C1CN([C@H](c2ccc(Cl)cc2)c2nc(-c3n[nH]c(=O)o3)cs2)C1. The molecule has 1 N–H and O–H groups in total. The van der Waals surface area contributed by atoms with Crippen molar-refractivity contribution in [1.82, 2.24) is 20.1 Å². The molecule has 11 heteroatoms. The third-order valence-electron chi connectivity index (χ3n) is 6.52. The van der Waals surface area contributed by atoms with Gasteiger partial charge in [-0.05, 0) is 61.2 Å². The summed E-state index contributed by atoms with van der Waals surface area (Å²) >= 11 is 7.52. The standard InChI is InChI=1S/C26H22ClF2N5O2S/c1-26(2,29)21(16-7-14(10-30)8-19(28)9-16)17-11-34(12-17)22(15-3-5-18(27)6-4-15)24-31-20(13-37-24)23-32-33-25(35)36-23/h3-9,13,17,21-22H,11-12H2,1-2H3,(H,33,35)/t21-,22-/m1/s1. The summed E-state index contributed by atoms with van der Waals surface area (Å²) in [5, 5.41) is 18.5. The summed E-state index contributed by atoms with van der Waals surface area (Å²) in [5.41, 5.74) is 0.377. The average molecular weight is 542 g/mol. The molecule has 0 bridgehead atoms. The second-order valence-electron chi connectivity index (χ2n) is 9.58. The maximum atomic E-state index is 15.5. The van der Waals surface area contributed by atoms with Gasteiger partial charge in [-0.25, -0.2) is 23.7 Å². The zero-order valence-corrected chi connectivity index (χ0v) is 21.5. The van der Waals surface area contributed by atoms with Gasteiger partial charge in [0.2, 0.25) is 0 Å². The van der Waals surface area contributed by atoms with Crippen molar-refractivity contribution < 1.29 is 13.2 Å². The number of rotatable bonds is 7. The number of hydrogen-bond donors (Lipinski definition) is 1. The molecule has 0 amide bonds. The molecule has 0 saturated carbocycles. The van der Waals surface area contributed by atoms with Gasteiger partial charge in [-0.1, -0.05) is 23.7 Å². The van der Waals surface area contributed by atoms with Gasteiger partial charge in [0.05, 0.1) is 17.7 Å². The van der Waals surface area contributed by atoms with Crippen molar-refractivity contribution in [2.24, 2.45) is 5.92 Å². The van der Waals surface area contributed by atoms with E-state index in [1.54, 1.807) is 23.6 Å². The molecule has 1 aliphatic rings. The van der Waals surface area contributed by atoms with Crippen molar-refractivity contribution in [3.8, 4) is 17.7 Å². The number of hydrogen-bond acceptors (Lipinski definition) is 7. The Labute approximate surface area is 220 Å². The van der Waals surface area contributed by atoms with Crippen molar-refractivity contribution in [2.75, 3.05) is 13.1 Å². The summed E-state index contributed by atoms with van der Waals surface area (Å²) in [4.78, 5) is 18.2. The second-order valence-corrected chi connectivity index (χ2v) is 10.9. The lowest BCUT2D eigenvalue weighted by atomic mass is 9.72. The number of nitrogens with zero attached hydrogens (tertiary/aromatic N) is 4. The van der Waals surface area contributed by atoms with Gasteiger partial charge >= 0.3 is 5.76 Å². The fourth-order valence-electron chi connectivity index (χ4n) is 5.06. The van der Waals surface area contributed by atoms with Crippen LogP contribution in [-0.4, -0.2) is 38.8 Å². The molecular weight excluding hydrogens is 520 g/mol. The summed E-state index contributed by atoms with van der Waals surface area (Å²) in [6, 6.07) is 13.2. The second kappa shape index (κ2) is 9.82. The van der Waals surface area contributed by atoms with E-state index >= 15 is 4.39 Å². The Balaban J connectivity index is 1.46. The highest BCUT2D eigenvalue weighted by Crippen LogP contribution is 2.46. The van der Waals surface area contributed by atoms with E-state index in [9.17, 15) is 14.4 Å². The molecule has 1 fully saturated rings. The molecule has 0 aliphatic carbocycles. The summed E-state index contributed by atoms with van der Waals surface area (Å²) in [7, 11) is 0. The number of aromatic nitrogens is 3. The molecule has 0 radical (unpaired) electrons. The Morgan fingerprint density at radius 3 is 2.59 bits per heavy atom. The van der Waals surface area contributed by atoms with E-state index in [1.165, 1.54) is 31.3 Å². The fraction of sp³-hybridized carbons (Fsp3) is 0.308. The summed E-state index contributed by atoms with van der Waals surface area (Å²) in [6.07, 6.45) is 0. The first-order valence-electron chi connectivity index (χ1n) is 11.5. The molecule has 0 unspecified atom stereocenters. The molecule has 4 aromatic rings. The lowest BCUT2D eigenvalue weighted by Gasteiger charge is -2.49. The minimum atomic E-state index is -1.64. The third-order valence-corrected chi connectivity index (χ3v) is 7.67. The highest BCUT2D eigenvalue weighted by molar-refractivity contribution is 7.10. The Morgan fingerprint density at radius 1 is 1.24 bits per heavy atom. The van der Waals surface area contributed by atoms with Crippen LogP contribution in [0.25, 0.3) is 11.6 Å². The van der Waals surface area contributed by atoms with Gasteiger partial charge in [-0.15, -0.1) is 16.4 Å². The Bertz CT molecular complexity index is 1510. The highest BCUT2D eigenvalue weighted by atomic mass is 35.5. The topological polar surface area (TPSA) is 98.8 Å². The number of aromatic amines is 1. The number of halogens is 3. The van der Waals surface area contributed by atoms with Gasteiger partial charge in [0.1, 0.15) is 22.2 Å². The molecule has 37 heavy (non-hydrogen) atoms. The highest BCUT2D eigenvalue weighted by Gasteiger charge is 2.46. The molecule has 1 saturated heterocycles. The van der Waals surface area contributed by atoms with E-state index in [1.807, 2.05) is 18.2 Å². The zero-order chi connectivity index (χ0) is 26.3. The number of alkyl halides is 1.